The lowest BCUT2D eigenvalue weighted by molar-refractivity contribution is 0.0280. The van der Waals surface area contributed by atoms with E-state index < -0.39 is 17.1 Å². The van der Waals surface area contributed by atoms with Gasteiger partial charge in [-0.05, 0) is 138 Å². The number of hydrogen-bond acceptors (Lipinski definition) is 18. The number of nitriles is 2. The first-order valence-corrected chi connectivity index (χ1v) is 29.1. The summed E-state index contributed by atoms with van der Waals surface area (Å²) >= 11 is 0. The van der Waals surface area contributed by atoms with Gasteiger partial charge < -0.3 is 39.4 Å². The van der Waals surface area contributed by atoms with Crippen LogP contribution in [0.25, 0.3) is 33.3 Å². The molecule has 22 heteroatoms. The minimum atomic E-state index is -0.992. The fourth-order valence-corrected chi connectivity index (χ4v) is 14.0. The van der Waals surface area contributed by atoms with Gasteiger partial charge in [0.2, 0.25) is 17.7 Å². The van der Waals surface area contributed by atoms with Gasteiger partial charge in [-0.3, -0.25) is 9.80 Å². The molecule has 0 spiro atoms. The Balaban J connectivity index is 0.000000147. The molecule has 0 unspecified atom stereocenters. The van der Waals surface area contributed by atoms with E-state index in [1.165, 1.54) is 72.9 Å². The number of nitrogens with one attached hydrogen (secondary N) is 1. The summed E-state index contributed by atoms with van der Waals surface area (Å²) < 4.78 is 38.1. The summed E-state index contributed by atoms with van der Waals surface area (Å²) in [6.45, 7) is 13.4. The van der Waals surface area contributed by atoms with Gasteiger partial charge in [-0.15, -0.1) is 12.4 Å². The van der Waals surface area contributed by atoms with Crippen molar-refractivity contribution < 1.29 is 33.6 Å². The van der Waals surface area contributed by atoms with Crippen LogP contribution in [0.2, 0.25) is 0 Å². The largest absolute Gasteiger partial charge is 0.489 e. The quantitative estimate of drug-likeness (QED) is 0.0821. The van der Waals surface area contributed by atoms with Crippen molar-refractivity contribution in [3.63, 3.8) is 0 Å². The monoisotopic (exact) mass is 1190 g/mol. The molecule has 14 heterocycles. The van der Waals surface area contributed by atoms with Crippen molar-refractivity contribution in [1.29, 1.82) is 10.5 Å². The van der Waals surface area contributed by atoms with Crippen molar-refractivity contribution in [3.8, 4) is 57.7 Å². The molecule has 14 rings (SSSR count). The molecule has 8 aromatic rings. The molecule has 3 N–H and O–H groups in total. The Morgan fingerprint density at radius 3 is 1.43 bits per heavy atom. The lowest BCUT2D eigenvalue weighted by Gasteiger charge is -2.27. The molecule has 0 amide bonds. The molecular formula is C64H72ClFN14O6. The van der Waals surface area contributed by atoms with Crippen LogP contribution < -0.4 is 29.2 Å². The van der Waals surface area contributed by atoms with E-state index in [1.54, 1.807) is 77.2 Å². The van der Waals surface area contributed by atoms with Crippen LogP contribution >= 0.6 is 12.4 Å². The Hall–Kier alpha value is -8.02. The minimum absolute atomic E-state index is 0. The highest BCUT2D eigenvalue weighted by atomic mass is 35.5. The molecule has 6 fully saturated rings. The highest BCUT2D eigenvalue weighted by molar-refractivity contribution is 5.86. The summed E-state index contributed by atoms with van der Waals surface area (Å²) in [6.07, 6.45) is 18.8. The van der Waals surface area contributed by atoms with Crippen molar-refractivity contribution >= 4 is 29.3 Å². The van der Waals surface area contributed by atoms with E-state index in [-0.39, 0.29) is 25.6 Å². The van der Waals surface area contributed by atoms with Crippen molar-refractivity contribution in [3.05, 3.63) is 138 Å². The van der Waals surface area contributed by atoms with Gasteiger partial charge in [0.1, 0.15) is 42.7 Å². The normalized spacial score (nSPS) is 22.7. The number of aromatic nitrogens is 8. The van der Waals surface area contributed by atoms with E-state index in [0.29, 0.717) is 80.5 Å². The summed E-state index contributed by atoms with van der Waals surface area (Å²) in [6, 6.07) is 25.9. The third-order valence-corrected chi connectivity index (χ3v) is 17.7. The van der Waals surface area contributed by atoms with Crippen molar-refractivity contribution in [1.82, 2.24) is 54.3 Å². The van der Waals surface area contributed by atoms with Crippen LogP contribution in [0.1, 0.15) is 75.6 Å². The van der Waals surface area contributed by atoms with E-state index in [2.05, 4.69) is 81.6 Å². The Morgan fingerprint density at radius 2 is 1.05 bits per heavy atom. The average molecular weight is 1190 g/mol. The highest BCUT2D eigenvalue weighted by Crippen LogP contribution is 2.51. The number of pyridine rings is 6. The molecule has 448 valence electrons. The van der Waals surface area contributed by atoms with E-state index in [0.717, 1.165) is 67.0 Å². The molecule has 6 aliphatic rings. The number of fused-ring (bicyclic) bond motifs is 12. The second kappa shape index (κ2) is 24.8. The summed E-state index contributed by atoms with van der Waals surface area (Å²) in [4.78, 5) is 25.2. The topological polar surface area (TPSA) is 233 Å². The van der Waals surface area contributed by atoms with Gasteiger partial charge in [0.25, 0.3) is 0 Å². The number of aliphatic hydroxyl groups is 2. The first-order chi connectivity index (χ1) is 41.0. The third kappa shape index (κ3) is 12.3. The lowest BCUT2D eigenvalue weighted by atomic mass is 9.82. The maximum Gasteiger partial charge on any atom is 0.212 e. The summed E-state index contributed by atoms with van der Waals surface area (Å²) in [5.41, 5.74) is 5.73. The van der Waals surface area contributed by atoms with Gasteiger partial charge in [-0.1, -0.05) is 12.1 Å². The van der Waals surface area contributed by atoms with Crippen molar-refractivity contribution in [2.75, 3.05) is 58.5 Å². The van der Waals surface area contributed by atoms with Gasteiger partial charge in [-0.25, -0.2) is 29.0 Å². The molecule has 6 aliphatic heterocycles. The Bertz CT molecular complexity index is 3710. The summed E-state index contributed by atoms with van der Waals surface area (Å²) in [7, 11) is 3.31. The predicted octanol–water partition coefficient (Wildman–Crippen LogP) is 8.17. The molecule has 86 heavy (non-hydrogen) atoms. The summed E-state index contributed by atoms with van der Waals surface area (Å²) in [5.74, 6) is 5.86. The summed E-state index contributed by atoms with van der Waals surface area (Å²) in [5, 5.41) is 51.0. The number of methoxy groups -OCH3 is 2. The molecule has 4 bridgehead atoms. The van der Waals surface area contributed by atoms with E-state index in [4.69, 9.17) is 23.9 Å². The maximum atomic E-state index is 13.1. The van der Waals surface area contributed by atoms with Crippen molar-refractivity contribution in [2.45, 2.75) is 102 Å². The standard InChI is InChI=1S/C32H35N7O3.C17H15FN4O2.C15H21N3O.ClH/c1-32(2,40)19-42-23-10-24(31-22(11-33)14-36-39(31)16-23)21-5-8-29(34-13-21)37-17-25-26(18-37)28-7-6-27(25)38(28)15-20-4-9-30(41-3)35-12-20;1-17(2,23)10-24-13-5-14(11-3-4-15(18)20-7-11)16-12(6-19)8-21-22(16)9-13;1-19-15-5-2-10(6-17-15)9-18-13-3-4-14(18)12-8-16-7-11(12)13;/h4-5,8-10,12-14,16,25-28,40H,6-7,15,17-19H2,1-3H3;3-5,7-9,23H,10H2,1-2H3;2,5-6,11-14,16H,3-4,7-9H2,1H3;1H/t25-,26+,27-,28+;;11-,12+,13-,14+;. The van der Waals surface area contributed by atoms with E-state index in [9.17, 15) is 25.1 Å². The number of anilines is 1. The molecule has 8 atom stereocenters. The molecule has 0 aromatic carbocycles. The van der Waals surface area contributed by atoms with E-state index >= 15 is 0 Å². The second-order valence-corrected chi connectivity index (χ2v) is 24.5. The lowest BCUT2D eigenvalue weighted by Crippen LogP contribution is -2.35. The maximum absolute atomic E-state index is 13.1. The molecule has 0 radical (unpaired) electrons. The molecule has 6 saturated heterocycles. The number of hydrogen-bond donors (Lipinski definition) is 3. The second-order valence-electron chi connectivity index (χ2n) is 24.5. The van der Waals surface area contributed by atoms with Crippen LogP contribution in [0.15, 0.2) is 110 Å². The first kappa shape index (κ1) is 59.7. The number of halogens is 2. The smallest absolute Gasteiger partial charge is 0.212 e. The molecule has 8 aromatic heterocycles. The van der Waals surface area contributed by atoms with Crippen LogP contribution in [-0.4, -0.2) is 148 Å². The molecule has 20 nitrogen and oxygen atoms in total. The van der Waals surface area contributed by atoms with Gasteiger partial charge in [0.05, 0.1) is 72.4 Å². The average Bonchev–Trinajstić information content (AvgIpc) is 1.63. The van der Waals surface area contributed by atoms with Crippen molar-refractivity contribution in [2.24, 2.45) is 23.7 Å². The molecule has 0 aliphatic carbocycles. The van der Waals surface area contributed by atoms with Gasteiger partial charge in [0, 0.05) is 110 Å². The number of nitrogens with zero attached hydrogens (tertiary/aromatic N) is 13. The first-order valence-electron chi connectivity index (χ1n) is 29.1. The predicted molar refractivity (Wildman–Crippen MR) is 322 cm³/mol. The van der Waals surface area contributed by atoms with Crippen LogP contribution in [0.5, 0.6) is 23.3 Å². The van der Waals surface area contributed by atoms with Gasteiger partial charge >= 0.3 is 0 Å². The van der Waals surface area contributed by atoms with Gasteiger partial charge in [0.15, 0.2) is 0 Å². The zero-order valence-corrected chi connectivity index (χ0v) is 49.9. The Kier molecular flexibility index (Phi) is 17.2. The zero-order chi connectivity index (χ0) is 59.1. The molecule has 0 saturated carbocycles. The SMILES string of the molecule is CC(C)(O)COc1cc(-c2ccc(F)nc2)c2c(C#N)cnn2c1.COc1ccc(CN2[C@@H]3CC[C@H]2[C@H]2CN(c4ccc(-c5cc(OCC(C)(C)O)cn6ncc(C#N)c56)cn4)C[C@H]23)cn1.COc1ccc(CN2[C@@H]3CC[C@H]2[C@H]2CNC[C@H]23)cn1.Cl. The third-order valence-electron chi connectivity index (χ3n) is 17.7. The highest BCUT2D eigenvalue weighted by Gasteiger charge is 2.57. The minimum Gasteiger partial charge on any atom is -0.489 e. The molecular weight excluding hydrogens is 1120 g/mol. The van der Waals surface area contributed by atoms with Crippen LogP contribution in [-0.2, 0) is 13.1 Å². The Morgan fingerprint density at radius 1 is 0.593 bits per heavy atom. The fraction of sp³-hybridized carbons (Fsp3) is 0.438. The van der Waals surface area contributed by atoms with Crippen LogP contribution in [0.4, 0.5) is 10.2 Å². The van der Waals surface area contributed by atoms with Gasteiger partial charge in [-0.2, -0.15) is 25.1 Å². The number of rotatable bonds is 15. The van der Waals surface area contributed by atoms with Crippen LogP contribution in [0.3, 0.4) is 0 Å². The Labute approximate surface area is 505 Å². The fourth-order valence-electron chi connectivity index (χ4n) is 14.0. The zero-order valence-electron chi connectivity index (χ0n) is 49.1. The van der Waals surface area contributed by atoms with E-state index in [1.807, 2.05) is 36.8 Å². The van der Waals surface area contributed by atoms with Crippen LogP contribution in [0, 0.1) is 52.3 Å². The number of ether oxygens (including phenoxy) is 4.